The number of non-ortho nitro benzene ring substituents is 1. The van der Waals surface area contributed by atoms with Crippen molar-refractivity contribution in [3.63, 3.8) is 0 Å². The second-order valence-electron chi connectivity index (χ2n) is 4.61. The first kappa shape index (κ1) is 12.3. The minimum atomic E-state index is -0.378. The van der Waals surface area contributed by atoms with E-state index in [-0.39, 0.29) is 10.6 Å². The van der Waals surface area contributed by atoms with Crippen LogP contribution in [0.1, 0.15) is 0 Å². The van der Waals surface area contributed by atoms with Gasteiger partial charge in [0.2, 0.25) is 0 Å². The molecule has 0 fully saturated rings. The van der Waals surface area contributed by atoms with Crippen molar-refractivity contribution in [1.82, 2.24) is 4.57 Å². The molecule has 0 unspecified atom stereocenters. The number of rotatable bonds is 1. The Morgan fingerprint density at radius 3 is 2.50 bits per heavy atom. The van der Waals surface area contributed by atoms with Gasteiger partial charge in [0.05, 0.1) is 21.3 Å². The molecule has 1 heterocycles. The highest BCUT2D eigenvalue weighted by atomic mass is 16.6. The van der Waals surface area contributed by atoms with E-state index in [1.54, 1.807) is 19.2 Å². The highest BCUT2D eigenvalue weighted by molar-refractivity contribution is 5.94. The predicted octanol–water partition coefficient (Wildman–Crippen LogP) is 2.77. The Kier molecular flexibility index (Phi) is 2.75. The van der Waals surface area contributed by atoms with E-state index in [0.717, 1.165) is 27.2 Å². The van der Waals surface area contributed by atoms with Crippen molar-refractivity contribution >= 4 is 27.5 Å². The van der Waals surface area contributed by atoms with Crippen LogP contribution >= 0.6 is 0 Å². The molecular weight excluding hydrogens is 254 g/mol. The largest absolute Gasteiger partial charge is 0.343 e. The molecule has 0 amide bonds. The molecule has 0 saturated heterocycles. The van der Waals surface area contributed by atoms with E-state index < -0.39 is 0 Å². The summed E-state index contributed by atoms with van der Waals surface area (Å²) in [4.78, 5) is 14.9. The summed E-state index contributed by atoms with van der Waals surface area (Å²) in [5.41, 5.74) is 1.89. The van der Waals surface area contributed by atoms with Gasteiger partial charge in [0.25, 0.3) is 5.69 Å². The molecule has 1 aromatic heterocycles. The molecule has 0 N–H and O–H groups in total. The molecule has 0 aliphatic rings. The third kappa shape index (κ3) is 1.67. The predicted molar refractivity (Wildman–Crippen MR) is 78.6 cm³/mol. The van der Waals surface area contributed by atoms with Crippen LogP contribution in [-0.4, -0.2) is 16.5 Å². The summed E-state index contributed by atoms with van der Waals surface area (Å²) in [7, 11) is 3.65. The number of hydrogen-bond acceptors (Lipinski definition) is 3. The molecule has 0 aliphatic heterocycles. The number of aryl methyl sites for hydroxylation is 1. The molecule has 0 atom stereocenters. The zero-order chi connectivity index (χ0) is 14.3. The quantitative estimate of drug-likeness (QED) is 0.386. The number of aromatic nitrogens is 1. The first-order valence-electron chi connectivity index (χ1n) is 6.22. The fourth-order valence-electron chi connectivity index (χ4n) is 2.59. The molecule has 0 aliphatic carbocycles. The number of hydrogen-bond donors (Lipinski definition) is 0. The average Bonchev–Trinajstić information content (AvgIpc) is 2.47. The van der Waals surface area contributed by atoms with Crippen LogP contribution in [0, 0.1) is 10.1 Å². The number of para-hydroxylation sites is 1. The molecule has 3 rings (SSSR count). The fourth-order valence-corrected chi connectivity index (χ4v) is 2.59. The summed E-state index contributed by atoms with van der Waals surface area (Å²) >= 11 is 0. The maximum atomic E-state index is 10.9. The van der Waals surface area contributed by atoms with Crippen LogP contribution in [0.4, 0.5) is 5.69 Å². The van der Waals surface area contributed by atoms with Gasteiger partial charge in [0.1, 0.15) is 0 Å². The van der Waals surface area contributed by atoms with E-state index in [9.17, 15) is 10.1 Å². The van der Waals surface area contributed by atoms with Crippen molar-refractivity contribution in [2.45, 2.75) is 0 Å². The molecule has 0 radical (unpaired) electrons. The number of fused-ring (bicyclic) bond motifs is 2. The van der Waals surface area contributed by atoms with Crippen LogP contribution < -0.4 is 5.36 Å². The van der Waals surface area contributed by atoms with Gasteiger partial charge < -0.3 is 4.57 Å². The highest BCUT2D eigenvalue weighted by Crippen LogP contribution is 2.22. The summed E-state index contributed by atoms with van der Waals surface area (Å²) in [6, 6.07) is 12.8. The molecule has 5 heteroatoms. The van der Waals surface area contributed by atoms with E-state index >= 15 is 0 Å². The van der Waals surface area contributed by atoms with Gasteiger partial charge in [0.15, 0.2) is 0 Å². The van der Waals surface area contributed by atoms with E-state index in [0.29, 0.717) is 0 Å². The molecule has 3 aromatic rings. The smallest absolute Gasteiger partial charge is 0.271 e. The monoisotopic (exact) mass is 267 g/mol. The summed E-state index contributed by atoms with van der Waals surface area (Å²) in [6.45, 7) is 0. The first-order valence-corrected chi connectivity index (χ1v) is 6.22. The van der Waals surface area contributed by atoms with E-state index in [4.69, 9.17) is 0 Å². The van der Waals surface area contributed by atoms with Crippen molar-refractivity contribution in [2.24, 2.45) is 12.0 Å². The van der Waals surface area contributed by atoms with Gasteiger partial charge in [0, 0.05) is 37.0 Å². The fraction of sp³-hybridized carbons (Fsp3) is 0.133. The van der Waals surface area contributed by atoms with Crippen molar-refractivity contribution in [3.05, 3.63) is 57.9 Å². The van der Waals surface area contributed by atoms with Gasteiger partial charge >= 0.3 is 0 Å². The van der Waals surface area contributed by atoms with Gasteiger partial charge in [-0.15, -0.1) is 0 Å². The first-order chi connectivity index (χ1) is 9.63. The van der Waals surface area contributed by atoms with Gasteiger partial charge in [-0.3, -0.25) is 15.1 Å². The van der Waals surface area contributed by atoms with Crippen LogP contribution in [0.25, 0.3) is 21.8 Å². The highest BCUT2D eigenvalue weighted by Gasteiger charge is 2.11. The summed E-state index contributed by atoms with van der Waals surface area (Å²) in [6.07, 6.45) is 0. The lowest BCUT2D eigenvalue weighted by Crippen LogP contribution is -2.10. The lowest BCUT2D eigenvalue weighted by Gasteiger charge is -2.11. The standard InChI is InChI=1S/C15H13N3O2/c1-16-15-11-5-3-4-6-13(11)17(2)14-9-10(18(19)20)7-8-12(14)15/h3-9H,1-2H3. The number of nitro groups is 1. The Labute approximate surface area is 115 Å². The normalized spacial score (nSPS) is 12.2. The Balaban J connectivity index is 2.60. The number of benzene rings is 2. The lowest BCUT2D eigenvalue weighted by molar-refractivity contribution is -0.384. The topological polar surface area (TPSA) is 60.4 Å². The molecular formula is C15H13N3O2. The van der Waals surface area contributed by atoms with Crippen molar-refractivity contribution in [2.75, 3.05) is 7.05 Å². The molecule has 20 heavy (non-hydrogen) atoms. The summed E-state index contributed by atoms with van der Waals surface area (Å²) in [5, 5.41) is 13.8. The van der Waals surface area contributed by atoms with Crippen LogP contribution in [0.5, 0.6) is 0 Å². The number of nitro benzene ring substituents is 1. The SMILES string of the molecule is CN=c1c2ccccc2n(C)c2cc([N+](=O)[O-])ccc12. The molecule has 0 spiro atoms. The Morgan fingerprint density at radius 1 is 1.10 bits per heavy atom. The zero-order valence-electron chi connectivity index (χ0n) is 11.2. The summed E-state index contributed by atoms with van der Waals surface area (Å²) in [5.74, 6) is 0. The van der Waals surface area contributed by atoms with Crippen molar-refractivity contribution in [3.8, 4) is 0 Å². The van der Waals surface area contributed by atoms with Crippen LogP contribution in [-0.2, 0) is 7.05 Å². The Morgan fingerprint density at radius 2 is 1.80 bits per heavy atom. The third-order valence-electron chi connectivity index (χ3n) is 3.55. The Hall–Kier alpha value is -2.69. The van der Waals surface area contributed by atoms with Crippen molar-refractivity contribution < 1.29 is 4.92 Å². The van der Waals surface area contributed by atoms with Crippen LogP contribution in [0.3, 0.4) is 0 Å². The molecule has 2 aromatic carbocycles. The molecule has 5 nitrogen and oxygen atoms in total. The summed E-state index contributed by atoms with van der Waals surface area (Å²) < 4.78 is 1.96. The van der Waals surface area contributed by atoms with Gasteiger partial charge in [-0.2, -0.15) is 0 Å². The third-order valence-corrected chi connectivity index (χ3v) is 3.55. The van der Waals surface area contributed by atoms with E-state index in [1.807, 2.05) is 35.9 Å². The average molecular weight is 267 g/mol. The number of pyridine rings is 1. The second kappa shape index (κ2) is 4.45. The maximum Gasteiger partial charge on any atom is 0.271 e. The lowest BCUT2D eigenvalue weighted by atomic mass is 10.1. The zero-order valence-corrected chi connectivity index (χ0v) is 11.2. The second-order valence-corrected chi connectivity index (χ2v) is 4.61. The van der Waals surface area contributed by atoms with E-state index in [1.165, 1.54) is 6.07 Å². The minimum Gasteiger partial charge on any atom is -0.343 e. The maximum absolute atomic E-state index is 10.9. The minimum absolute atomic E-state index is 0.0884. The molecule has 0 bridgehead atoms. The molecule has 100 valence electrons. The van der Waals surface area contributed by atoms with Crippen molar-refractivity contribution in [1.29, 1.82) is 0 Å². The Bertz CT molecular complexity index is 910. The van der Waals surface area contributed by atoms with Gasteiger partial charge in [-0.1, -0.05) is 18.2 Å². The van der Waals surface area contributed by atoms with Crippen LogP contribution in [0.15, 0.2) is 47.5 Å². The molecule has 0 saturated carbocycles. The van der Waals surface area contributed by atoms with Crippen LogP contribution in [0.2, 0.25) is 0 Å². The van der Waals surface area contributed by atoms with E-state index in [2.05, 4.69) is 4.99 Å². The van der Waals surface area contributed by atoms with Gasteiger partial charge in [-0.05, 0) is 12.1 Å². The number of nitrogens with zero attached hydrogens (tertiary/aromatic N) is 3. The van der Waals surface area contributed by atoms with Gasteiger partial charge in [-0.25, -0.2) is 0 Å².